The van der Waals surface area contributed by atoms with Crippen LogP contribution in [0.5, 0.6) is 0 Å². The highest BCUT2D eigenvalue weighted by Crippen LogP contribution is 2.32. The van der Waals surface area contributed by atoms with E-state index in [9.17, 15) is 9.59 Å². The zero-order valence-electron chi connectivity index (χ0n) is 11.0. The number of imidazole rings is 1. The maximum Gasteiger partial charge on any atom is 0.327 e. The molecule has 2 aromatic heterocycles. The maximum absolute atomic E-state index is 11.7. The third kappa shape index (κ3) is 1.98. The lowest BCUT2D eigenvalue weighted by Crippen LogP contribution is -2.38. The van der Waals surface area contributed by atoms with Gasteiger partial charge in [0.1, 0.15) is 11.3 Å². The number of hydrogen-bond donors (Lipinski definition) is 4. The predicted molar refractivity (Wildman–Crippen MR) is 73.7 cm³/mol. The van der Waals surface area contributed by atoms with E-state index in [4.69, 9.17) is 0 Å². The Kier molecular flexibility index (Phi) is 2.56. The van der Waals surface area contributed by atoms with E-state index >= 15 is 0 Å². The largest absolute Gasteiger partial charge is 0.336 e. The monoisotopic (exact) mass is 275 g/mol. The summed E-state index contributed by atoms with van der Waals surface area (Å²) in [5, 5.41) is 3.62. The van der Waals surface area contributed by atoms with Gasteiger partial charge in [-0.2, -0.15) is 0 Å². The van der Waals surface area contributed by atoms with Crippen molar-refractivity contribution in [2.75, 3.05) is 0 Å². The van der Waals surface area contributed by atoms with Gasteiger partial charge < -0.3 is 10.3 Å². The van der Waals surface area contributed by atoms with Crippen molar-refractivity contribution in [2.24, 2.45) is 5.92 Å². The summed E-state index contributed by atoms with van der Waals surface area (Å²) < 4.78 is 0. The molecule has 4 heterocycles. The number of H-pyrrole nitrogens is 3. The zero-order valence-corrected chi connectivity index (χ0v) is 11.0. The van der Waals surface area contributed by atoms with E-state index in [1.807, 2.05) is 0 Å². The van der Waals surface area contributed by atoms with Gasteiger partial charge in [0.2, 0.25) is 0 Å². The average Bonchev–Trinajstić information content (AvgIpc) is 2.93. The van der Waals surface area contributed by atoms with E-state index in [-0.39, 0.29) is 0 Å². The molecular weight excluding hydrogens is 258 g/mol. The molecule has 2 unspecified atom stereocenters. The number of nitrogens with zero attached hydrogens (tertiary/aromatic N) is 1. The molecule has 0 spiro atoms. The quantitative estimate of drug-likeness (QED) is 0.619. The summed E-state index contributed by atoms with van der Waals surface area (Å²) in [6.07, 6.45) is 5.72. The smallest absolute Gasteiger partial charge is 0.327 e. The number of hydrogen-bond acceptors (Lipinski definition) is 4. The van der Waals surface area contributed by atoms with Gasteiger partial charge in [-0.1, -0.05) is 0 Å². The van der Waals surface area contributed by atoms with Gasteiger partial charge in [0.05, 0.1) is 0 Å². The Morgan fingerprint density at radius 3 is 2.55 bits per heavy atom. The van der Waals surface area contributed by atoms with E-state index in [1.54, 1.807) is 0 Å². The van der Waals surface area contributed by atoms with Crippen LogP contribution in [0.4, 0.5) is 0 Å². The lowest BCUT2D eigenvalue weighted by molar-refractivity contribution is 0.295. The zero-order chi connectivity index (χ0) is 13.7. The fraction of sp³-hybridized carbons (Fsp3) is 0.615. The van der Waals surface area contributed by atoms with Crippen LogP contribution in [0, 0.1) is 5.92 Å². The molecule has 2 fully saturated rings. The predicted octanol–water partition coefficient (Wildman–Crippen LogP) is 0.0126. The fourth-order valence-electron chi connectivity index (χ4n) is 3.69. The van der Waals surface area contributed by atoms with Gasteiger partial charge in [0.25, 0.3) is 5.56 Å². The number of nitrogens with one attached hydrogen (secondary N) is 4. The number of aromatic amines is 3. The lowest BCUT2D eigenvalue weighted by Gasteiger charge is -2.28. The molecule has 0 aromatic carbocycles. The SMILES string of the molecule is O=c1[nH]c(=O)c2[nH]c(CC3CC4CCC(C3)N4)nc2[nH]1. The molecule has 2 aliphatic heterocycles. The Morgan fingerprint density at radius 2 is 1.80 bits per heavy atom. The van der Waals surface area contributed by atoms with Crippen molar-refractivity contribution in [3.05, 3.63) is 26.7 Å². The van der Waals surface area contributed by atoms with Crippen molar-refractivity contribution in [3.8, 4) is 0 Å². The summed E-state index contributed by atoms with van der Waals surface area (Å²) in [5.74, 6) is 1.39. The minimum atomic E-state index is -0.513. The van der Waals surface area contributed by atoms with Gasteiger partial charge in [-0.15, -0.1) is 0 Å². The number of piperidine rings is 1. The maximum atomic E-state index is 11.7. The molecule has 2 aromatic rings. The molecule has 4 rings (SSSR count). The summed E-state index contributed by atoms with van der Waals surface area (Å²) in [7, 11) is 0. The topological polar surface area (TPSA) is 106 Å². The standard InChI is InChI=1S/C13H17N5O2/c19-12-10-11(17-13(20)18-12)16-9(15-10)5-6-3-7-1-2-8(4-6)14-7/h6-8,14H,1-5H2,(H3,15,16,17,18,19,20). The highest BCUT2D eigenvalue weighted by molar-refractivity contribution is 5.68. The molecular formula is C13H17N5O2. The normalized spacial score (nSPS) is 29.1. The average molecular weight is 275 g/mol. The minimum absolute atomic E-state index is 0.352. The van der Waals surface area contributed by atoms with Crippen LogP contribution >= 0.6 is 0 Å². The summed E-state index contributed by atoms with van der Waals surface area (Å²) >= 11 is 0. The second kappa shape index (κ2) is 4.31. The second-order valence-electron chi connectivity index (χ2n) is 5.99. The molecule has 0 amide bonds. The Labute approximate surface area is 114 Å². The molecule has 0 aliphatic carbocycles. The Bertz CT molecular complexity index is 746. The van der Waals surface area contributed by atoms with E-state index in [1.165, 1.54) is 25.7 Å². The van der Waals surface area contributed by atoms with Gasteiger partial charge in [0.15, 0.2) is 5.65 Å². The molecule has 106 valence electrons. The van der Waals surface area contributed by atoms with Crippen LogP contribution in [0.25, 0.3) is 11.2 Å². The van der Waals surface area contributed by atoms with E-state index in [0.717, 1.165) is 12.2 Å². The highest BCUT2D eigenvalue weighted by atomic mass is 16.2. The summed E-state index contributed by atoms with van der Waals surface area (Å²) in [5.41, 5.74) is -0.212. The van der Waals surface area contributed by atoms with Gasteiger partial charge in [0, 0.05) is 18.5 Å². The minimum Gasteiger partial charge on any atom is -0.336 e. The van der Waals surface area contributed by atoms with Crippen LogP contribution < -0.4 is 16.6 Å². The van der Waals surface area contributed by atoms with Crippen molar-refractivity contribution >= 4 is 11.2 Å². The molecule has 2 bridgehead atoms. The van der Waals surface area contributed by atoms with E-state index < -0.39 is 11.2 Å². The molecule has 2 aliphatic rings. The summed E-state index contributed by atoms with van der Waals surface area (Å²) in [6.45, 7) is 0. The lowest BCUT2D eigenvalue weighted by atomic mass is 9.89. The van der Waals surface area contributed by atoms with Crippen molar-refractivity contribution in [1.82, 2.24) is 25.3 Å². The number of aromatic nitrogens is 4. The van der Waals surface area contributed by atoms with Crippen LogP contribution in [0.3, 0.4) is 0 Å². The van der Waals surface area contributed by atoms with Crippen molar-refractivity contribution in [1.29, 1.82) is 0 Å². The molecule has 7 nitrogen and oxygen atoms in total. The van der Waals surface area contributed by atoms with Gasteiger partial charge >= 0.3 is 5.69 Å². The summed E-state index contributed by atoms with van der Waals surface area (Å²) in [6, 6.07) is 1.29. The van der Waals surface area contributed by atoms with Crippen LogP contribution in [-0.4, -0.2) is 32.0 Å². The molecule has 4 N–H and O–H groups in total. The van der Waals surface area contributed by atoms with Crippen LogP contribution in [-0.2, 0) is 6.42 Å². The van der Waals surface area contributed by atoms with Gasteiger partial charge in [-0.05, 0) is 31.6 Å². The van der Waals surface area contributed by atoms with Gasteiger partial charge in [-0.3, -0.25) is 14.8 Å². The molecule has 2 atom stereocenters. The van der Waals surface area contributed by atoms with Crippen LogP contribution in [0.1, 0.15) is 31.5 Å². The molecule has 0 radical (unpaired) electrons. The van der Waals surface area contributed by atoms with E-state index in [0.29, 0.717) is 29.2 Å². The Balaban J connectivity index is 1.61. The van der Waals surface area contributed by atoms with E-state index in [2.05, 4.69) is 25.3 Å². The molecule has 7 heteroatoms. The Hall–Kier alpha value is -1.89. The first-order valence-corrected chi connectivity index (χ1v) is 7.14. The molecule has 20 heavy (non-hydrogen) atoms. The highest BCUT2D eigenvalue weighted by Gasteiger charge is 2.33. The molecule has 0 saturated carbocycles. The second-order valence-corrected chi connectivity index (χ2v) is 5.99. The van der Waals surface area contributed by atoms with Crippen molar-refractivity contribution < 1.29 is 0 Å². The third-order valence-electron chi connectivity index (χ3n) is 4.49. The molecule has 2 saturated heterocycles. The number of rotatable bonds is 2. The number of fused-ring (bicyclic) bond motifs is 3. The van der Waals surface area contributed by atoms with Crippen LogP contribution in [0.15, 0.2) is 9.59 Å². The first-order chi connectivity index (χ1) is 9.67. The fourth-order valence-corrected chi connectivity index (χ4v) is 3.69. The first kappa shape index (κ1) is 11.9. The Morgan fingerprint density at radius 1 is 1.05 bits per heavy atom. The summed E-state index contributed by atoms with van der Waals surface area (Å²) in [4.78, 5) is 35.0. The van der Waals surface area contributed by atoms with Crippen LogP contribution in [0.2, 0.25) is 0 Å². The van der Waals surface area contributed by atoms with Crippen molar-refractivity contribution in [2.45, 2.75) is 44.2 Å². The first-order valence-electron chi connectivity index (χ1n) is 7.14. The van der Waals surface area contributed by atoms with Crippen molar-refractivity contribution in [3.63, 3.8) is 0 Å². The third-order valence-corrected chi connectivity index (χ3v) is 4.49. The van der Waals surface area contributed by atoms with Gasteiger partial charge in [-0.25, -0.2) is 9.78 Å².